The zero-order chi connectivity index (χ0) is 26.1. The van der Waals surface area contributed by atoms with Crippen molar-refractivity contribution in [1.29, 1.82) is 0 Å². The number of ether oxygens (including phenoxy) is 2. The zero-order valence-electron chi connectivity index (χ0n) is 20.3. The Morgan fingerprint density at radius 3 is 2.06 bits per heavy atom. The van der Waals surface area contributed by atoms with Gasteiger partial charge in [0, 0.05) is 23.9 Å². The Hall–Kier alpha value is -4.40. The van der Waals surface area contributed by atoms with Crippen LogP contribution in [0.15, 0.2) is 66.7 Å². The summed E-state index contributed by atoms with van der Waals surface area (Å²) in [5.41, 5.74) is 2.54. The fraction of sp³-hybridized carbons (Fsp3) is 0.222. The van der Waals surface area contributed by atoms with Crippen molar-refractivity contribution in [3.63, 3.8) is 0 Å². The van der Waals surface area contributed by atoms with E-state index in [2.05, 4.69) is 10.6 Å². The molecule has 3 rings (SSSR count). The van der Waals surface area contributed by atoms with Gasteiger partial charge in [0.25, 0.3) is 5.91 Å². The maximum atomic E-state index is 13.4. The van der Waals surface area contributed by atoms with Gasteiger partial charge >= 0.3 is 0 Å². The first-order valence-corrected chi connectivity index (χ1v) is 11.2. The number of nitrogens with one attached hydrogen (secondary N) is 2. The fourth-order valence-electron chi connectivity index (χ4n) is 3.37. The van der Waals surface area contributed by atoms with E-state index < -0.39 is 23.5 Å². The van der Waals surface area contributed by atoms with E-state index >= 15 is 0 Å². The normalized spacial score (nSPS) is 10.3. The minimum Gasteiger partial charge on any atom is -0.497 e. The van der Waals surface area contributed by atoms with Gasteiger partial charge in [-0.2, -0.15) is 0 Å². The van der Waals surface area contributed by atoms with E-state index in [0.29, 0.717) is 22.7 Å². The number of carbonyl (C=O) groups excluding carboxylic acids is 3. The molecule has 3 aromatic carbocycles. The summed E-state index contributed by atoms with van der Waals surface area (Å²) in [4.78, 5) is 39.6. The molecule has 8 nitrogen and oxygen atoms in total. The molecular weight excluding hydrogens is 465 g/mol. The number of anilines is 1. The SMILES string of the molecule is COc1cc(OC)cc(C(=O)N(CC(=O)NCC(=O)Nc2ccc(C)cc2)Cc2ccc(F)cc2)c1. The Morgan fingerprint density at radius 1 is 0.861 bits per heavy atom. The van der Waals surface area contributed by atoms with Gasteiger partial charge in [-0.1, -0.05) is 29.8 Å². The molecule has 36 heavy (non-hydrogen) atoms. The number of hydrogen-bond donors (Lipinski definition) is 2. The number of methoxy groups -OCH3 is 2. The Balaban J connectivity index is 1.71. The van der Waals surface area contributed by atoms with Crippen LogP contribution >= 0.6 is 0 Å². The number of benzene rings is 3. The molecule has 0 bridgehead atoms. The molecule has 0 radical (unpaired) electrons. The monoisotopic (exact) mass is 493 g/mol. The quantitative estimate of drug-likeness (QED) is 0.450. The third-order valence-corrected chi connectivity index (χ3v) is 5.29. The van der Waals surface area contributed by atoms with E-state index in [1.165, 1.54) is 55.5 Å². The number of aryl methyl sites for hydroxylation is 1. The van der Waals surface area contributed by atoms with Crippen molar-refractivity contribution >= 4 is 23.4 Å². The lowest BCUT2D eigenvalue weighted by molar-refractivity contribution is -0.124. The Bertz CT molecular complexity index is 1190. The molecule has 0 saturated carbocycles. The molecule has 0 saturated heterocycles. The van der Waals surface area contributed by atoms with Crippen LogP contribution in [-0.4, -0.2) is 49.9 Å². The lowest BCUT2D eigenvalue weighted by Crippen LogP contribution is -2.42. The van der Waals surface area contributed by atoms with Crippen LogP contribution in [0.1, 0.15) is 21.5 Å². The van der Waals surface area contributed by atoms with Crippen molar-refractivity contribution in [2.45, 2.75) is 13.5 Å². The van der Waals surface area contributed by atoms with Crippen LogP contribution in [0.2, 0.25) is 0 Å². The second-order valence-electron chi connectivity index (χ2n) is 8.08. The van der Waals surface area contributed by atoms with E-state index in [0.717, 1.165) is 5.56 Å². The maximum absolute atomic E-state index is 13.4. The number of halogens is 1. The van der Waals surface area contributed by atoms with Crippen LogP contribution in [0, 0.1) is 12.7 Å². The van der Waals surface area contributed by atoms with E-state index in [4.69, 9.17) is 9.47 Å². The standard InChI is InChI=1S/C27H28FN3O5/c1-18-4-10-22(11-5-18)30-25(32)15-29-26(33)17-31(16-19-6-8-21(28)9-7-19)27(34)20-12-23(35-2)14-24(13-20)36-3/h4-14H,15-17H2,1-3H3,(H,29,33)(H,30,32). The number of nitrogens with zero attached hydrogens (tertiary/aromatic N) is 1. The highest BCUT2D eigenvalue weighted by molar-refractivity contribution is 5.98. The van der Waals surface area contributed by atoms with Crippen molar-refractivity contribution in [1.82, 2.24) is 10.2 Å². The molecule has 3 aromatic rings. The van der Waals surface area contributed by atoms with E-state index in [1.54, 1.807) is 18.2 Å². The molecule has 0 aliphatic carbocycles. The Labute approximate surface area is 209 Å². The smallest absolute Gasteiger partial charge is 0.254 e. The van der Waals surface area contributed by atoms with Crippen molar-refractivity contribution in [2.24, 2.45) is 0 Å². The summed E-state index contributed by atoms with van der Waals surface area (Å²) >= 11 is 0. The van der Waals surface area contributed by atoms with E-state index in [-0.39, 0.29) is 25.2 Å². The van der Waals surface area contributed by atoms with Gasteiger partial charge in [0.15, 0.2) is 0 Å². The Morgan fingerprint density at radius 2 is 1.47 bits per heavy atom. The van der Waals surface area contributed by atoms with Gasteiger partial charge in [-0.25, -0.2) is 4.39 Å². The van der Waals surface area contributed by atoms with Crippen LogP contribution in [0.5, 0.6) is 11.5 Å². The van der Waals surface area contributed by atoms with Gasteiger partial charge in [-0.3, -0.25) is 14.4 Å². The minimum atomic E-state index is -0.528. The van der Waals surface area contributed by atoms with Crippen LogP contribution in [0.4, 0.5) is 10.1 Å². The molecule has 188 valence electrons. The minimum absolute atomic E-state index is 0.0433. The largest absolute Gasteiger partial charge is 0.497 e. The van der Waals surface area contributed by atoms with Gasteiger partial charge in [0.1, 0.15) is 23.9 Å². The lowest BCUT2D eigenvalue weighted by atomic mass is 10.1. The average Bonchev–Trinajstić information content (AvgIpc) is 2.88. The van der Waals surface area contributed by atoms with Gasteiger partial charge in [-0.05, 0) is 48.9 Å². The number of hydrogen-bond acceptors (Lipinski definition) is 5. The molecule has 0 unspecified atom stereocenters. The lowest BCUT2D eigenvalue weighted by Gasteiger charge is -2.23. The summed E-state index contributed by atoms with van der Waals surface area (Å²) in [5, 5.41) is 5.24. The van der Waals surface area contributed by atoms with Crippen LogP contribution < -0.4 is 20.1 Å². The van der Waals surface area contributed by atoms with Gasteiger partial charge in [-0.15, -0.1) is 0 Å². The predicted octanol–water partition coefficient (Wildman–Crippen LogP) is 3.55. The molecule has 2 N–H and O–H groups in total. The zero-order valence-corrected chi connectivity index (χ0v) is 20.3. The first-order chi connectivity index (χ1) is 17.3. The number of carbonyl (C=O) groups is 3. The van der Waals surface area contributed by atoms with Crippen molar-refractivity contribution < 1.29 is 28.2 Å². The molecule has 0 spiro atoms. The molecule has 0 aliphatic heterocycles. The van der Waals surface area contributed by atoms with Crippen molar-refractivity contribution in [3.8, 4) is 11.5 Å². The molecule has 9 heteroatoms. The van der Waals surface area contributed by atoms with Crippen molar-refractivity contribution in [3.05, 3.63) is 89.2 Å². The first kappa shape index (κ1) is 26.2. The molecule has 3 amide bonds. The summed E-state index contributed by atoms with van der Waals surface area (Å²) in [6, 6.07) is 17.6. The average molecular weight is 494 g/mol. The van der Waals surface area contributed by atoms with Gasteiger partial charge in [0.2, 0.25) is 11.8 Å². The van der Waals surface area contributed by atoms with E-state index in [9.17, 15) is 18.8 Å². The fourth-order valence-corrected chi connectivity index (χ4v) is 3.37. The van der Waals surface area contributed by atoms with Crippen LogP contribution in [0.25, 0.3) is 0 Å². The second kappa shape index (κ2) is 12.3. The molecule has 0 heterocycles. The summed E-state index contributed by atoms with van der Waals surface area (Å²) in [6.45, 7) is 1.39. The van der Waals surface area contributed by atoms with Crippen molar-refractivity contribution in [2.75, 3.05) is 32.6 Å². The highest BCUT2D eigenvalue weighted by Gasteiger charge is 2.21. The third kappa shape index (κ3) is 7.56. The molecule has 0 aromatic heterocycles. The second-order valence-corrected chi connectivity index (χ2v) is 8.08. The molecule has 0 aliphatic rings. The van der Waals surface area contributed by atoms with Gasteiger partial charge in [0.05, 0.1) is 20.8 Å². The maximum Gasteiger partial charge on any atom is 0.254 e. The molecule has 0 fully saturated rings. The summed E-state index contributed by atoms with van der Waals surface area (Å²) in [5.74, 6) is -0.976. The highest BCUT2D eigenvalue weighted by atomic mass is 19.1. The van der Waals surface area contributed by atoms with Gasteiger partial charge < -0.3 is 25.0 Å². The predicted molar refractivity (Wildman–Crippen MR) is 134 cm³/mol. The van der Waals surface area contributed by atoms with Crippen LogP contribution in [-0.2, 0) is 16.1 Å². The first-order valence-electron chi connectivity index (χ1n) is 11.2. The van der Waals surface area contributed by atoms with E-state index in [1.807, 2.05) is 19.1 Å². The summed E-state index contributed by atoms with van der Waals surface area (Å²) in [6.07, 6.45) is 0. The topological polar surface area (TPSA) is 97.0 Å². The number of amides is 3. The highest BCUT2D eigenvalue weighted by Crippen LogP contribution is 2.24. The number of rotatable bonds is 10. The Kier molecular flexibility index (Phi) is 8.99. The third-order valence-electron chi connectivity index (χ3n) is 5.29. The molecule has 0 atom stereocenters. The van der Waals surface area contributed by atoms with Crippen LogP contribution in [0.3, 0.4) is 0 Å². The summed E-state index contributed by atoms with van der Waals surface area (Å²) in [7, 11) is 2.93. The molecular formula is C27H28FN3O5. The summed E-state index contributed by atoms with van der Waals surface area (Å²) < 4.78 is 23.9.